The number of nitrogens with zero attached hydrogens (tertiary/aromatic N) is 3. The maximum Gasteiger partial charge on any atom is 0.157 e. The number of H-pyrrole nitrogens is 1. The zero-order valence-corrected chi connectivity index (χ0v) is 11.0. The van der Waals surface area contributed by atoms with Gasteiger partial charge in [-0.15, -0.1) is 0 Å². The molecule has 0 spiro atoms. The number of hydrogen-bond acceptors (Lipinski definition) is 3. The quantitative estimate of drug-likeness (QED) is 0.570. The number of aryl methyl sites for hydroxylation is 1. The minimum atomic E-state index is 0.779. The average Bonchev–Trinajstić information content (AvgIpc) is 2.91. The Hall–Kier alpha value is -2.75. The van der Waals surface area contributed by atoms with Crippen molar-refractivity contribution in [3.8, 4) is 11.5 Å². The summed E-state index contributed by atoms with van der Waals surface area (Å²) in [4.78, 5) is 16.6. The number of imidazole rings is 1. The monoisotopic (exact) mass is 260 g/mol. The van der Waals surface area contributed by atoms with Gasteiger partial charge in [-0.25, -0.2) is 9.97 Å². The van der Waals surface area contributed by atoms with Gasteiger partial charge in [0.2, 0.25) is 0 Å². The van der Waals surface area contributed by atoms with Gasteiger partial charge in [-0.2, -0.15) is 0 Å². The minimum Gasteiger partial charge on any atom is -0.335 e. The van der Waals surface area contributed by atoms with E-state index in [1.54, 1.807) is 12.4 Å². The Labute approximate surface area is 115 Å². The molecule has 0 fully saturated rings. The van der Waals surface area contributed by atoms with Crippen LogP contribution in [0.4, 0.5) is 0 Å². The first-order valence-electron chi connectivity index (χ1n) is 6.48. The predicted molar refractivity (Wildman–Crippen MR) is 79.4 cm³/mol. The van der Waals surface area contributed by atoms with Gasteiger partial charge in [-0.1, -0.05) is 18.2 Å². The third-order valence-electron chi connectivity index (χ3n) is 3.45. The summed E-state index contributed by atoms with van der Waals surface area (Å²) in [5.41, 5.74) is 4.88. The molecule has 0 saturated heterocycles. The van der Waals surface area contributed by atoms with Gasteiger partial charge < -0.3 is 4.98 Å². The lowest BCUT2D eigenvalue weighted by atomic mass is 10.1. The van der Waals surface area contributed by atoms with E-state index in [1.165, 1.54) is 10.9 Å². The Morgan fingerprint density at radius 1 is 1.00 bits per heavy atom. The molecule has 20 heavy (non-hydrogen) atoms. The van der Waals surface area contributed by atoms with Crippen LogP contribution in [-0.2, 0) is 0 Å². The van der Waals surface area contributed by atoms with Crippen LogP contribution in [0.3, 0.4) is 0 Å². The molecule has 3 aromatic heterocycles. The van der Waals surface area contributed by atoms with Crippen molar-refractivity contribution in [3.05, 3.63) is 54.4 Å². The molecule has 0 bridgehead atoms. The van der Waals surface area contributed by atoms with Crippen molar-refractivity contribution in [1.82, 2.24) is 19.9 Å². The smallest absolute Gasteiger partial charge is 0.157 e. The van der Waals surface area contributed by atoms with E-state index in [9.17, 15) is 0 Å². The van der Waals surface area contributed by atoms with E-state index < -0.39 is 0 Å². The highest BCUT2D eigenvalue weighted by atomic mass is 15.0. The van der Waals surface area contributed by atoms with E-state index in [-0.39, 0.29) is 0 Å². The van der Waals surface area contributed by atoms with Crippen LogP contribution in [0, 0.1) is 6.92 Å². The fraction of sp³-hybridized carbons (Fsp3) is 0.0625. The fourth-order valence-electron chi connectivity index (χ4n) is 2.45. The van der Waals surface area contributed by atoms with Crippen molar-refractivity contribution < 1.29 is 0 Å². The van der Waals surface area contributed by atoms with Gasteiger partial charge in [-0.3, -0.25) is 4.98 Å². The Morgan fingerprint density at radius 3 is 2.80 bits per heavy atom. The van der Waals surface area contributed by atoms with Crippen LogP contribution in [0.15, 0.2) is 48.8 Å². The zero-order chi connectivity index (χ0) is 13.5. The highest BCUT2D eigenvalue weighted by Gasteiger charge is 2.09. The van der Waals surface area contributed by atoms with Crippen LogP contribution in [0.25, 0.3) is 33.5 Å². The fourth-order valence-corrected chi connectivity index (χ4v) is 2.45. The number of para-hydroxylation sites is 1. The molecule has 0 aliphatic rings. The summed E-state index contributed by atoms with van der Waals surface area (Å²) in [6, 6.07) is 12.1. The first-order valence-corrected chi connectivity index (χ1v) is 6.48. The van der Waals surface area contributed by atoms with Gasteiger partial charge in [-0.05, 0) is 30.7 Å². The molecule has 0 amide bonds. The summed E-state index contributed by atoms with van der Waals surface area (Å²) in [5, 5.41) is 1.18. The number of aromatic amines is 1. The van der Waals surface area contributed by atoms with E-state index in [4.69, 9.17) is 0 Å². The van der Waals surface area contributed by atoms with Gasteiger partial charge in [0.25, 0.3) is 0 Å². The molecule has 4 aromatic rings. The number of aromatic nitrogens is 4. The van der Waals surface area contributed by atoms with Crippen molar-refractivity contribution in [3.63, 3.8) is 0 Å². The maximum absolute atomic E-state index is 4.69. The summed E-state index contributed by atoms with van der Waals surface area (Å²) in [5.74, 6) is 0.779. The molecule has 0 atom stereocenters. The van der Waals surface area contributed by atoms with E-state index >= 15 is 0 Å². The van der Waals surface area contributed by atoms with Crippen LogP contribution < -0.4 is 0 Å². The normalized spacial score (nSPS) is 11.2. The molecule has 96 valence electrons. The molecule has 0 radical (unpaired) electrons. The molecule has 4 rings (SSSR count). The Kier molecular flexibility index (Phi) is 2.29. The second-order valence-electron chi connectivity index (χ2n) is 4.82. The summed E-state index contributed by atoms with van der Waals surface area (Å²) in [6.45, 7) is 2.09. The van der Waals surface area contributed by atoms with Gasteiger partial charge in [0, 0.05) is 11.6 Å². The molecular weight excluding hydrogens is 248 g/mol. The van der Waals surface area contributed by atoms with Crippen molar-refractivity contribution in [2.24, 2.45) is 0 Å². The minimum absolute atomic E-state index is 0.779. The number of pyridine rings is 2. The number of rotatable bonds is 1. The third kappa shape index (κ3) is 1.66. The van der Waals surface area contributed by atoms with Gasteiger partial charge in [0.1, 0.15) is 5.69 Å². The molecule has 0 aliphatic carbocycles. The predicted octanol–water partition coefficient (Wildman–Crippen LogP) is 3.48. The average molecular weight is 260 g/mol. The molecule has 4 nitrogen and oxygen atoms in total. The molecule has 4 heteroatoms. The Balaban J connectivity index is 1.97. The summed E-state index contributed by atoms with van der Waals surface area (Å²) in [6.07, 6.45) is 3.52. The van der Waals surface area contributed by atoms with Crippen LogP contribution in [0.5, 0.6) is 0 Å². The van der Waals surface area contributed by atoms with Crippen LogP contribution >= 0.6 is 0 Å². The Bertz CT molecular complexity index is 891. The van der Waals surface area contributed by atoms with Crippen molar-refractivity contribution in [2.45, 2.75) is 6.92 Å². The molecule has 0 unspecified atom stereocenters. The first kappa shape index (κ1) is 11.1. The molecule has 0 aliphatic heterocycles. The van der Waals surface area contributed by atoms with Gasteiger partial charge in [0.15, 0.2) is 5.82 Å². The van der Waals surface area contributed by atoms with Crippen LogP contribution in [-0.4, -0.2) is 19.9 Å². The van der Waals surface area contributed by atoms with Crippen molar-refractivity contribution >= 4 is 21.9 Å². The van der Waals surface area contributed by atoms with E-state index in [1.807, 2.05) is 24.3 Å². The standard InChI is InChI=1S/C16H12N4/c1-10-8-14(18-12-5-3-2-4-11(10)12)16-19-13-6-7-17-9-15(13)20-16/h2-9H,1H3,(H,19,20). The highest BCUT2D eigenvalue weighted by molar-refractivity contribution is 5.85. The summed E-state index contributed by atoms with van der Waals surface area (Å²) < 4.78 is 0. The molecule has 0 saturated carbocycles. The summed E-state index contributed by atoms with van der Waals surface area (Å²) >= 11 is 0. The lowest BCUT2D eigenvalue weighted by Gasteiger charge is -2.04. The molecule has 1 N–H and O–H groups in total. The Morgan fingerprint density at radius 2 is 1.90 bits per heavy atom. The summed E-state index contributed by atoms with van der Waals surface area (Å²) in [7, 11) is 0. The van der Waals surface area contributed by atoms with Gasteiger partial charge in [0.05, 0.1) is 22.7 Å². The molecule has 1 aromatic carbocycles. The van der Waals surface area contributed by atoms with E-state index in [0.29, 0.717) is 0 Å². The maximum atomic E-state index is 4.69. The van der Waals surface area contributed by atoms with Crippen LogP contribution in [0.1, 0.15) is 5.56 Å². The lowest BCUT2D eigenvalue weighted by Crippen LogP contribution is -1.89. The SMILES string of the molecule is Cc1cc(-c2nc3ccncc3[nH]2)nc2ccccc12. The first-order chi connectivity index (χ1) is 9.81. The lowest BCUT2D eigenvalue weighted by molar-refractivity contribution is 1.26. The zero-order valence-electron chi connectivity index (χ0n) is 11.0. The second-order valence-corrected chi connectivity index (χ2v) is 4.82. The number of nitrogens with one attached hydrogen (secondary N) is 1. The third-order valence-corrected chi connectivity index (χ3v) is 3.45. The van der Waals surface area contributed by atoms with Crippen LogP contribution in [0.2, 0.25) is 0 Å². The number of hydrogen-bond donors (Lipinski definition) is 1. The van der Waals surface area contributed by atoms with E-state index in [0.717, 1.165) is 28.1 Å². The number of fused-ring (bicyclic) bond motifs is 2. The topological polar surface area (TPSA) is 54.5 Å². The largest absolute Gasteiger partial charge is 0.335 e. The van der Waals surface area contributed by atoms with E-state index in [2.05, 4.69) is 39.0 Å². The molecule has 3 heterocycles. The van der Waals surface area contributed by atoms with Gasteiger partial charge >= 0.3 is 0 Å². The second kappa shape index (κ2) is 4.13. The van der Waals surface area contributed by atoms with Crippen molar-refractivity contribution in [1.29, 1.82) is 0 Å². The molecular formula is C16H12N4. The highest BCUT2D eigenvalue weighted by Crippen LogP contribution is 2.23. The van der Waals surface area contributed by atoms with Crippen molar-refractivity contribution in [2.75, 3.05) is 0 Å². The number of benzene rings is 1.